The summed E-state index contributed by atoms with van der Waals surface area (Å²) in [6.07, 6.45) is 0. The van der Waals surface area contributed by atoms with Crippen LogP contribution in [0.25, 0.3) is 0 Å². The van der Waals surface area contributed by atoms with Crippen LogP contribution in [-0.4, -0.2) is 7.11 Å². The van der Waals surface area contributed by atoms with Crippen molar-refractivity contribution in [2.75, 3.05) is 12.4 Å². The maximum absolute atomic E-state index is 8.98. The first kappa shape index (κ1) is 14.1. The van der Waals surface area contributed by atoms with Gasteiger partial charge in [-0.1, -0.05) is 0 Å². The third kappa shape index (κ3) is 2.83. The predicted octanol–water partition coefficient (Wildman–Crippen LogP) is 2.55. The number of anilines is 1. The van der Waals surface area contributed by atoms with Gasteiger partial charge in [-0.25, -0.2) is 0 Å². The van der Waals surface area contributed by atoms with Crippen LogP contribution in [0.15, 0.2) is 23.4 Å². The highest BCUT2D eigenvalue weighted by Crippen LogP contribution is 2.28. The van der Waals surface area contributed by atoms with Crippen LogP contribution < -0.4 is 10.1 Å². The second-order valence-electron chi connectivity index (χ2n) is 3.78. The Kier molecular flexibility index (Phi) is 4.52. The van der Waals surface area contributed by atoms with Gasteiger partial charge in [0.25, 0.3) is 0 Å². The molecule has 0 saturated carbocycles. The van der Waals surface area contributed by atoms with E-state index in [0.717, 1.165) is 16.9 Å². The summed E-state index contributed by atoms with van der Waals surface area (Å²) in [5, 5.41) is 29.3. The summed E-state index contributed by atoms with van der Waals surface area (Å²) in [6.45, 7) is 3.76. The van der Waals surface area contributed by atoms with Crippen molar-refractivity contribution in [3.8, 4) is 24.0 Å². The van der Waals surface area contributed by atoms with Gasteiger partial charge in [-0.15, -0.1) is 0 Å². The number of ether oxygens (including phenoxy) is 1. The average molecular weight is 252 g/mol. The van der Waals surface area contributed by atoms with Gasteiger partial charge in [0.15, 0.2) is 5.57 Å². The van der Waals surface area contributed by atoms with Crippen LogP contribution in [0.1, 0.15) is 11.1 Å². The first-order valence-corrected chi connectivity index (χ1v) is 5.44. The molecule has 5 heteroatoms. The normalized spacial score (nSPS) is 8.63. The quantitative estimate of drug-likeness (QED) is 0.834. The Labute approximate surface area is 112 Å². The van der Waals surface area contributed by atoms with E-state index in [0.29, 0.717) is 5.69 Å². The molecule has 5 nitrogen and oxygen atoms in total. The summed E-state index contributed by atoms with van der Waals surface area (Å²) in [5.74, 6) is 0.742. The molecule has 0 bridgehead atoms. The molecular formula is C14H12N4O. The zero-order valence-electron chi connectivity index (χ0n) is 10.9. The van der Waals surface area contributed by atoms with Crippen LogP contribution in [0, 0.1) is 47.8 Å². The van der Waals surface area contributed by atoms with Crippen molar-refractivity contribution in [2.45, 2.75) is 13.8 Å². The second kappa shape index (κ2) is 6.10. The highest BCUT2D eigenvalue weighted by Gasteiger charge is 2.10. The number of methoxy groups -OCH3 is 1. The van der Waals surface area contributed by atoms with E-state index in [1.165, 1.54) is 0 Å². The molecule has 0 saturated heterocycles. The molecule has 19 heavy (non-hydrogen) atoms. The van der Waals surface area contributed by atoms with Crippen molar-refractivity contribution in [2.24, 2.45) is 0 Å². The van der Waals surface area contributed by atoms with Crippen LogP contribution in [-0.2, 0) is 0 Å². The van der Waals surface area contributed by atoms with Gasteiger partial charge in [-0.3, -0.25) is 0 Å². The first-order chi connectivity index (χ1) is 9.08. The van der Waals surface area contributed by atoms with Gasteiger partial charge in [0.1, 0.15) is 29.7 Å². The summed E-state index contributed by atoms with van der Waals surface area (Å²) in [7, 11) is 1.58. The van der Waals surface area contributed by atoms with Crippen molar-refractivity contribution < 1.29 is 4.74 Å². The number of nitrogens with one attached hydrogen (secondary N) is 1. The van der Waals surface area contributed by atoms with E-state index in [9.17, 15) is 0 Å². The van der Waals surface area contributed by atoms with E-state index < -0.39 is 0 Å². The summed E-state index contributed by atoms with van der Waals surface area (Å²) >= 11 is 0. The van der Waals surface area contributed by atoms with E-state index in [-0.39, 0.29) is 11.3 Å². The molecule has 0 aliphatic heterocycles. The first-order valence-electron chi connectivity index (χ1n) is 5.44. The summed E-state index contributed by atoms with van der Waals surface area (Å²) < 4.78 is 5.19. The molecule has 0 fully saturated rings. The average Bonchev–Trinajstić information content (AvgIpc) is 2.43. The number of hydrogen-bond acceptors (Lipinski definition) is 5. The van der Waals surface area contributed by atoms with Crippen LogP contribution in [0.4, 0.5) is 5.69 Å². The van der Waals surface area contributed by atoms with Crippen molar-refractivity contribution in [3.05, 3.63) is 34.5 Å². The lowest BCUT2D eigenvalue weighted by molar-refractivity contribution is 0.411. The summed E-state index contributed by atoms with van der Waals surface area (Å²) in [4.78, 5) is 0. The van der Waals surface area contributed by atoms with Gasteiger partial charge in [-0.2, -0.15) is 15.8 Å². The molecule has 1 rings (SSSR count). The number of benzene rings is 1. The van der Waals surface area contributed by atoms with E-state index in [2.05, 4.69) is 5.32 Å². The molecule has 1 aromatic rings. The maximum Gasteiger partial charge on any atom is 0.163 e. The maximum atomic E-state index is 8.98. The zero-order valence-corrected chi connectivity index (χ0v) is 10.9. The number of rotatable bonds is 3. The lowest BCUT2D eigenvalue weighted by atomic mass is 10.1. The molecule has 0 aliphatic carbocycles. The molecule has 0 spiro atoms. The molecule has 94 valence electrons. The fourth-order valence-electron chi connectivity index (χ4n) is 1.57. The molecule has 0 heterocycles. The van der Waals surface area contributed by atoms with E-state index in [1.807, 2.05) is 19.9 Å². The topological polar surface area (TPSA) is 92.6 Å². The number of allylic oxidation sites excluding steroid dienone is 2. The Morgan fingerprint density at radius 3 is 2.16 bits per heavy atom. The Hall–Kier alpha value is -2.97. The van der Waals surface area contributed by atoms with Crippen molar-refractivity contribution in [1.29, 1.82) is 15.8 Å². The van der Waals surface area contributed by atoms with Gasteiger partial charge in [0.2, 0.25) is 0 Å². The molecule has 0 atom stereocenters. The molecule has 1 aromatic carbocycles. The highest BCUT2D eigenvalue weighted by molar-refractivity contribution is 5.64. The summed E-state index contributed by atoms with van der Waals surface area (Å²) in [6, 6.07) is 8.70. The molecule has 0 aliphatic rings. The lowest BCUT2D eigenvalue weighted by Gasteiger charge is -2.13. The Morgan fingerprint density at radius 2 is 1.68 bits per heavy atom. The SMILES string of the molecule is COc1ccc(NC(C#N)=C(C#N)C#N)c(C)c1C. The monoisotopic (exact) mass is 252 g/mol. The highest BCUT2D eigenvalue weighted by atomic mass is 16.5. The standard InChI is InChI=1S/C14H12N4O/c1-9-10(2)14(19-3)5-4-12(9)18-13(8-17)11(6-15)7-16/h4-5,18H,1-3H3. The van der Waals surface area contributed by atoms with E-state index in [1.54, 1.807) is 31.4 Å². The predicted molar refractivity (Wildman–Crippen MR) is 70.0 cm³/mol. The minimum absolute atomic E-state index is 0.0577. The third-order valence-corrected chi connectivity index (χ3v) is 2.80. The molecule has 0 radical (unpaired) electrons. The van der Waals surface area contributed by atoms with Crippen molar-refractivity contribution >= 4 is 5.69 Å². The summed E-state index contributed by atoms with van der Waals surface area (Å²) in [5.41, 5.74) is 2.19. The fraction of sp³-hybridized carbons (Fsp3) is 0.214. The Balaban J connectivity index is 3.26. The fourth-order valence-corrected chi connectivity index (χ4v) is 1.57. The minimum Gasteiger partial charge on any atom is -0.496 e. The lowest BCUT2D eigenvalue weighted by Crippen LogP contribution is -2.03. The van der Waals surface area contributed by atoms with E-state index in [4.69, 9.17) is 20.5 Å². The largest absolute Gasteiger partial charge is 0.496 e. The molecule has 0 amide bonds. The second-order valence-corrected chi connectivity index (χ2v) is 3.78. The van der Waals surface area contributed by atoms with Gasteiger partial charge < -0.3 is 10.1 Å². The Bertz CT molecular complexity index is 638. The van der Waals surface area contributed by atoms with Crippen molar-refractivity contribution in [1.82, 2.24) is 0 Å². The molecule has 1 N–H and O–H groups in total. The number of nitriles is 3. The molecular weight excluding hydrogens is 240 g/mol. The smallest absolute Gasteiger partial charge is 0.163 e. The van der Waals surface area contributed by atoms with E-state index >= 15 is 0 Å². The zero-order chi connectivity index (χ0) is 14.4. The van der Waals surface area contributed by atoms with Gasteiger partial charge in [0.05, 0.1) is 7.11 Å². The van der Waals surface area contributed by atoms with Crippen molar-refractivity contribution in [3.63, 3.8) is 0 Å². The van der Waals surface area contributed by atoms with Gasteiger partial charge >= 0.3 is 0 Å². The van der Waals surface area contributed by atoms with Gasteiger partial charge in [-0.05, 0) is 37.1 Å². The third-order valence-electron chi connectivity index (χ3n) is 2.80. The van der Waals surface area contributed by atoms with Gasteiger partial charge in [0, 0.05) is 5.69 Å². The van der Waals surface area contributed by atoms with Crippen LogP contribution in [0.5, 0.6) is 5.75 Å². The van der Waals surface area contributed by atoms with Crippen LogP contribution >= 0.6 is 0 Å². The molecule has 0 aromatic heterocycles. The molecule has 0 unspecified atom stereocenters. The van der Waals surface area contributed by atoms with Crippen LogP contribution in [0.3, 0.4) is 0 Å². The number of nitrogens with zero attached hydrogens (tertiary/aromatic N) is 3. The minimum atomic E-state index is -0.240. The van der Waals surface area contributed by atoms with Crippen LogP contribution in [0.2, 0.25) is 0 Å². The Morgan fingerprint density at radius 1 is 1.05 bits per heavy atom. The number of hydrogen-bond donors (Lipinski definition) is 1.